The molecule has 2 fully saturated rings. The van der Waals surface area contributed by atoms with Crippen molar-refractivity contribution in [2.45, 2.75) is 51.1 Å². The Morgan fingerprint density at radius 1 is 1.33 bits per heavy atom. The van der Waals surface area contributed by atoms with E-state index in [1.807, 2.05) is 11.8 Å². The van der Waals surface area contributed by atoms with Gasteiger partial charge in [0.05, 0.1) is 6.04 Å². The maximum Gasteiger partial charge on any atom is 0.239 e. The van der Waals surface area contributed by atoms with Crippen LogP contribution in [-0.4, -0.2) is 54.5 Å². The molecule has 4 nitrogen and oxygen atoms in total. The van der Waals surface area contributed by atoms with Crippen LogP contribution in [0.1, 0.15) is 39.0 Å². The first kappa shape index (κ1) is 13.8. The highest BCUT2D eigenvalue weighted by atomic mass is 16.2. The van der Waals surface area contributed by atoms with Gasteiger partial charge >= 0.3 is 0 Å². The average molecular weight is 253 g/mol. The van der Waals surface area contributed by atoms with Crippen LogP contribution in [0.15, 0.2) is 0 Å². The van der Waals surface area contributed by atoms with E-state index < -0.39 is 0 Å². The molecular weight excluding hydrogens is 226 g/mol. The molecule has 2 N–H and O–H groups in total. The number of carbonyl (C=O) groups excluding carboxylic acids is 1. The number of hydrogen-bond donors (Lipinski definition) is 1. The zero-order valence-electron chi connectivity index (χ0n) is 11.8. The van der Waals surface area contributed by atoms with Crippen molar-refractivity contribution in [1.82, 2.24) is 9.80 Å². The molecule has 4 heteroatoms. The van der Waals surface area contributed by atoms with Gasteiger partial charge in [-0.05, 0) is 52.0 Å². The van der Waals surface area contributed by atoms with E-state index in [0.717, 1.165) is 31.8 Å². The predicted octanol–water partition coefficient (Wildman–Crippen LogP) is 1.06. The minimum Gasteiger partial charge on any atom is -0.341 e. The van der Waals surface area contributed by atoms with Crippen LogP contribution >= 0.6 is 0 Å². The minimum atomic E-state index is -0.0303. The molecule has 1 aliphatic carbocycles. The molecule has 2 rings (SSSR count). The number of amides is 1. The lowest BCUT2D eigenvalue weighted by molar-refractivity contribution is -0.137. The van der Waals surface area contributed by atoms with Gasteiger partial charge in [-0.1, -0.05) is 0 Å². The number of nitrogens with two attached hydrogens (primary N) is 1. The lowest BCUT2D eigenvalue weighted by atomic mass is 10.1. The smallest absolute Gasteiger partial charge is 0.239 e. The maximum atomic E-state index is 12.4. The van der Waals surface area contributed by atoms with Crippen LogP contribution in [0, 0.1) is 5.92 Å². The van der Waals surface area contributed by atoms with E-state index in [-0.39, 0.29) is 11.9 Å². The van der Waals surface area contributed by atoms with E-state index in [9.17, 15) is 4.79 Å². The Balaban J connectivity index is 1.91. The van der Waals surface area contributed by atoms with Gasteiger partial charge in [-0.15, -0.1) is 0 Å². The van der Waals surface area contributed by atoms with Gasteiger partial charge in [0.1, 0.15) is 0 Å². The summed E-state index contributed by atoms with van der Waals surface area (Å²) in [4.78, 5) is 16.7. The van der Waals surface area contributed by atoms with Crippen LogP contribution in [0.2, 0.25) is 0 Å². The van der Waals surface area contributed by atoms with Crippen molar-refractivity contribution in [3.63, 3.8) is 0 Å². The van der Waals surface area contributed by atoms with Crippen molar-refractivity contribution < 1.29 is 4.79 Å². The van der Waals surface area contributed by atoms with E-state index in [1.165, 1.54) is 19.3 Å². The van der Waals surface area contributed by atoms with Crippen LogP contribution in [0.4, 0.5) is 0 Å². The molecule has 2 unspecified atom stereocenters. The van der Waals surface area contributed by atoms with Crippen LogP contribution in [0.5, 0.6) is 0 Å². The Bertz CT molecular complexity index is 285. The number of carbonyl (C=O) groups is 1. The third kappa shape index (κ3) is 3.04. The van der Waals surface area contributed by atoms with Gasteiger partial charge in [-0.3, -0.25) is 9.69 Å². The molecule has 2 aliphatic rings. The first-order valence-corrected chi connectivity index (χ1v) is 7.36. The number of rotatable bonds is 5. The summed E-state index contributed by atoms with van der Waals surface area (Å²) >= 11 is 0. The standard InChI is InChI=1S/C14H27N3O/c1-11(14(18)17-8-4-3-5-9-17)16(2)13(10-15)12-6-7-12/h11-13H,3-10,15H2,1-2H3. The molecule has 2 atom stereocenters. The van der Waals surface area contributed by atoms with Crippen molar-refractivity contribution >= 4 is 5.91 Å². The van der Waals surface area contributed by atoms with Crippen molar-refractivity contribution in [3.8, 4) is 0 Å². The fourth-order valence-corrected chi connectivity index (χ4v) is 3.01. The van der Waals surface area contributed by atoms with Crippen LogP contribution < -0.4 is 5.73 Å². The second kappa shape index (κ2) is 6.02. The fourth-order valence-electron chi connectivity index (χ4n) is 3.01. The molecule has 0 radical (unpaired) electrons. The summed E-state index contributed by atoms with van der Waals surface area (Å²) in [5, 5.41) is 0. The van der Waals surface area contributed by atoms with Gasteiger partial charge in [0.15, 0.2) is 0 Å². The first-order chi connectivity index (χ1) is 8.65. The van der Waals surface area contributed by atoms with Gasteiger partial charge < -0.3 is 10.6 Å². The summed E-state index contributed by atoms with van der Waals surface area (Å²) in [5.74, 6) is 1.01. The lowest BCUT2D eigenvalue weighted by Gasteiger charge is -2.36. The predicted molar refractivity (Wildman–Crippen MR) is 73.2 cm³/mol. The molecule has 1 aliphatic heterocycles. The molecule has 0 aromatic carbocycles. The average Bonchev–Trinajstić information content (AvgIpc) is 3.23. The number of nitrogens with zero attached hydrogens (tertiary/aromatic N) is 2. The van der Waals surface area contributed by atoms with E-state index >= 15 is 0 Å². The quantitative estimate of drug-likeness (QED) is 0.797. The molecule has 1 amide bonds. The monoisotopic (exact) mass is 253 g/mol. The Kier molecular flexibility index (Phi) is 4.62. The first-order valence-electron chi connectivity index (χ1n) is 7.36. The topological polar surface area (TPSA) is 49.6 Å². The Morgan fingerprint density at radius 3 is 2.44 bits per heavy atom. The molecule has 18 heavy (non-hydrogen) atoms. The Morgan fingerprint density at radius 2 is 1.94 bits per heavy atom. The summed E-state index contributed by atoms with van der Waals surface area (Å²) < 4.78 is 0. The molecular formula is C14H27N3O. The van der Waals surface area contributed by atoms with Gasteiger partial charge in [0.25, 0.3) is 0 Å². The molecule has 104 valence electrons. The van der Waals surface area contributed by atoms with Crippen LogP contribution in [-0.2, 0) is 4.79 Å². The van der Waals surface area contributed by atoms with Gasteiger partial charge in [-0.2, -0.15) is 0 Å². The number of hydrogen-bond acceptors (Lipinski definition) is 3. The highest BCUT2D eigenvalue weighted by Gasteiger charge is 2.37. The van der Waals surface area contributed by atoms with E-state index in [2.05, 4.69) is 11.9 Å². The summed E-state index contributed by atoms with van der Waals surface area (Å²) in [6.07, 6.45) is 6.13. The molecule has 0 aromatic rings. The van der Waals surface area contributed by atoms with Crippen LogP contribution in [0.3, 0.4) is 0 Å². The maximum absolute atomic E-state index is 12.4. The Labute approximate surface area is 110 Å². The third-order valence-corrected chi connectivity index (χ3v) is 4.57. The third-order valence-electron chi connectivity index (χ3n) is 4.57. The zero-order valence-corrected chi connectivity index (χ0v) is 11.8. The van der Waals surface area contributed by atoms with Crippen molar-refractivity contribution in [1.29, 1.82) is 0 Å². The van der Waals surface area contributed by atoms with E-state index in [1.54, 1.807) is 0 Å². The molecule has 1 saturated heterocycles. The second-order valence-electron chi connectivity index (χ2n) is 5.87. The molecule has 1 heterocycles. The largest absolute Gasteiger partial charge is 0.341 e. The van der Waals surface area contributed by atoms with Crippen molar-refractivity contribution in [2.75, 3.05) is 26.7 Å². The van der Waals surface area contributed by atoms with Gasteiger partial charge in [0.2, 0.25) is 5.91 Å². The lowest BCUT2D eigenvalue weighted by Crippen LogP contribution is -2.52. The normalized spacial score (nSPS) is 24.1. The van der Waals surface area contributed by atoms with E-state index in [4.69, 9.17) is 5.73 Å². The summed E-state index contributed by atoms with van der Waals surface area (Å²) in [6, 6.07) is 0.353. The molecule has 0 spiro atoms. The summed E-state index contributed by atoms with van der Waals surface area (Å²) in [7, 11) is 2.06. The van der Waals surface area contributed by atoms with Gasteiger partial charge in [-0.25, -0.2) is 0 Å². The number of likely N-dealkylation sites (N-methyl/N-ethyl adjacent to an activating group) is 1. The van der Waals surface area contributed by atoms with E-state index in [0.29, 0.717) is 12.6 Å². The molecule has 1 saturated carbocycles. The minimum absolute atomic E-state index is 0.0303. The number of likely N-dealkylation sites (tertiary alicyclic amines) is 1. The van der Waals surface area contributed by atoms with Gasteiger partial charge in [0, 0.05) is 25.7 Å². The summed E-state index contributed by atoms with van der Waals surface area (Å²) in [5.41, 5.74) is 5.86. The SMILES string of the molecule is CC(C(=O)N1CCCCC1)N(C)C(CN)C1CC1. The highest BCUT2D eigenvalue weighted by Crippen LogP contribution is 2.35. The zero-order chi connectivity index (χ0) is 13.1. The fraction of sp³-hybridized carbons (Fsp3) is 0.929. The van der Waals surface area contributed by atoms with Crippen molar-refractivity contribution in [3.05, 3.63) is 0 Å². The van der Waals surface area contributed by atoms with Crippen LogP contribution in [0.25, 0.3) is 0 Å². The highest BCUT2D eigenvalue weighted by molar-refractivity contribution is 5.81. The number of piperidine rings is 1. The Hall–Kier alpha value is -0.610. The van der Waals surface area contributed by atoms with Crippen molar-refractivity contribution in [2.24, 2.45) is 11.7 Å². The second-order valence-corrected chi connectivity index (χ2v) is 5.87. The molecule has 0 aromatic heterocycles. The summed E-state index contributed by atoms with van der Waals surface area (Å²) in [6.45, 7) is 4.57. The molecule has 0 bridgehead atoms.